The van der Waals surface area contributed by atoms with E-state index in [1.165, 1.54) is 0 Å². The Morgan fingerprint density at radius 3 is 2.31 bits per heavy atom. The van der Waals surface area contributed by atoms with Crippen LogP contribution in [0.4, 0.5) is 11.4 Å². The molecule has 0 fully saturated rings. The molecular formula is C24H24N2O5S. The molecule has 4 rings (SSSR count). The molecule has 3 aromatic rings. The first-order valence-electron chi connectivity index (χ1n) is 10.2. The number of benzene rings is 3. The Bertz CT molecular complexity index is 1230. The third kappa shape index (κ3) is 4.55. The van der Waals surface area contributed by atoms with E-state index in [9.17, 15) is 13.2 Å². The molecule has 1 heterocycles. The number of hydrogen-bond acceptors (Lipinski definition) is 5. The fourth-order valence-corrected chi connectivity index (χ4v) is 4.84. The van der Waals surface area contributed by atoms with Crippen LogP contribution in [0, 0.1) is 0 Å². The van der Waals surface area contributed by atoms with Crippen molar-refractivity contribution in [3.63, 3.8) is 0 Å². The number of para-hydroxylation sites is 1. The van der Waals surface area contributed by atoms with Gasteiger partial charge in [-0.1, -0.05) is 48.5 Å². The summed E-state index contributed by atoms with van der Waals surface area (Å²) in [6.45, 7) is 2.36. The Balaban J connectivity index is 1.64. The first-order chi connectivity index (χ1) is 15.3. The Morgan fingerprint density at radius 2 is 1.59 bits per heavy atom. The van der Waals surface area contributed by atoms with Crippen molar-refractivity contribution < 1.29 is 22.7 Å². The van der Waals surface area contributed by atoms with E-state index in [2.05, 4.69) is 5.32 Å². The summed E-state index contributed by atoms with van der Waals surface area (Å²) in [7, 11) is -3.77. The standard InChI is InChI=1S/C24H24N2O5S/c1-17(24(27)25-21-11-7-6-10-20(21)18-8-4-3-5-9-18)26(32(2,28)29)19-12-13-22-23(16-19)31-15-14-30-22/h3-13,16-17H,14-15H2,1-2H3,(H,25,27)/t17-/m0/s1. The lowest BCUT2D eigenvalue weighted by Gasteiger charge is -2.29. The molecule has 1 atom stereocenters. The summed E-state index contributed by atoms with van der Waals surface area (Å²) in [5, 5.41) is 2.89. The first kappa shape index (κ1) is 21.7. The number of anilines is 2. The van der Waals surface area contributed by atoms with Gasteiger partial charge >= 0.3 is 0 Å². The lowest BCUT2D eigenvalue weighted by Crippen LogP contribution is -2.45. The van der Waals surface area contributed by atoms with Crippen LogP contribution in [-0.2, 0) is 14.8 Å². The second-order valence-electron chi connectivity index (χ2n) is 7.46. The second kappa shape index (κ2) is 8.92. The number of ether oxygens (including phenoxy) is 2. The van der Waals surface area contributed by atoms with E-state index < -0.39 is 22.0 Å². The third-order valence-electron chi connectivity index (χ3n) is 5.14. The van der Waals surface area contributed by atoms with Gasteiger partial charge in [-0.2, -0.15) is 0 Å². The molecule has 3 aromatic carbocycles. The number of rotatable bonds is 6. The van der Waals surface area contributed by atoms with E-state index in [0.29, 0.717) is 36.1 Å². The minimum atomic E-state index is -3.77. The third-order valence-corrected chi connectivity index (χ3v) is 6.38. The highest BCUT2D eigenvalue weighted by molar-refractivity contribution is 7.92. The average Bonchev–Trinajstić information content (AvgIpc) is 2.79. The van der Waals surface area contributed by atoms with E-state index in [0.717, 1.165) is 21.7 Å². The maximum Gasteiger partial charge on any atom is 0.248 e. The van der Waals surface area contributed by atoms with Crippen molar-refractivity contribution in [2.45, 2.75) is 13.0 Å². The normalized spacial score (nSPS) is 13.8. The fraction of sp³-hybridized carbons (Fsp3) is 0.208. The molecule has 0 saturated carbocycles. The van der Waals surface area contributed by atoms with Crippen molar-refractivity contribution in [2.75, 3.05) is 29.1 Å². The minimum Gasteiger partial charge on any atom is -0.486 e. The molecule has 1 aliphatic heterocycles. The van der Waals surface area contributed by atoms with Gasteiger partial charge in [0.15, 0.2) is 11.5 Å². The summed E-state index contributed by atoms with van der Waals surface area (Å²) in [6.07, 6.45) is 1.07. The summed E-state index contributed by atoms with van der Waals surface area (Å²) < 4.78 is 37.5. The van der Waals surface area contributed by atoms with Crippen LogP contribution in [0.25, 0.3) is 11.1 Å². The van der Waals surface area contributed by atoms with Crippen LogP contribution in [0.3, 0.4) is 0 Å². The zero-order valence-corrected chi connectivity index (χ0v) is 18.6. The van der Waals surface area contributed by atoms with Crippen molar-refractivity contribution in [3.05, 3.63) is 72.8 Å². The van der Waals surface area contributed by atoms with Gasteiger partial charge in [-0.25, -0.2) is 8.42 Å². The van der Waals surface area contributed by atoms with Crippen molar-refractivity contribution >= 4 is 27.3 Å². The number of nitrogens with one attached hydrogen (secondary N) is 1. The lowest BCUT2D eigenvalue weighted by molar-refractivity contribution is -0.116. The molecule has 8 heteroatoms. The number of sulfonamides is 1. The molecule has 0 radical (unpaired) electrons. The van der Waals surface area contributed by atoms with E-state index in [4.69, 9.17) is 9.47 Å². The van der Waals surface area contributed by atoms with Crippen molar-refractivity contribution in [2.24, 2.45) is 0 Å². The number of fused-ring (bicyclic) bond motifs is 1. The van der Waals surface area contributed by atoms with E-state index >= 15 is 0 Å². The molecule has 1 amide bonds. The number of carbonyl (C=O) groups is 1. The van der Waals surface area contributed by atoms with Crippen molar-refractivity contribution in [1.29, 1.82) is 0 Å². The zero-order valence-electron chi connectivity index (χ0n) is 17.8. The van der Waals surface area contributed by atoms with E-state index in [1.807, 2.05) is 48.5 Å². The van der Waals surface area contributed by atoms with Gasteiger partial charge in [0.2, 0.25) is 15.9 Å². The summed E-state index contributed by atoms with van der Waals surface area (Å²) in [5.41, 5.74) is 2.73. The first-order valence-corrected chi connectivity index (χ1v) is 12.0. The average molecular weight is 453 g/mol. The smallest absolute Gasteiger partial charge is 0.248 e. The van der Waals surface area contributed by atoms with Gasteiger partial charge in [0.1, 0.15) is 19.3 Å². The predicted octanol–water partition coefficient (Wildman–Crippen LogP) is 3.92. The van der Waals surface area contributed by atoms with Gasteiger partial charge in [0.05, 0.1) is 11.9 Å². The summed E-state index contributed by atoms with van der Waals surface area (Å²) >= 11 is 0. The van der Waals surface area contributed by atoms with Crippen LogP contribution in [0.2, 0.25) is 0 Å². The summed E-state index contributed by atoms with van der Waals surface area (Å²) in [6, 6.07) is 20.9. The largest absolute Gasteiger partial charge is 0.486 e. The van der Waals surface area contributed by atoms with Crippen LogP contribution < -0.4 is 19.1 Å². The summed E-state index contributed by atoms with van der Waals surface area (Å²) in [5.74, 6) is 0.542. The van der Waals surface area contributed by atoms with Crippen LogP contribution in [0.15, 0.2) is 72.8 Å². The fourth-order valence-electron chi connectivity index (χ4n) is 3.68. The van der Waals surface area contributed by atoms with Crippen molar-refractivity contribution in [3.8, 4) is 22.6 Å². The van der Waals surface area contributed by atoms with Gasteiger partial charge in [-0.15, -0.1) is 0 Å². The highest BCUT2D eigenvalue weighted by Crippen LogP contribution is 2.35. The molecule has 166 valence electrons. The van der Waals surface area contributed by atoms with Crippen LogP contribution in [0.1, 0.15) is 6.92 Å². The molecular weight excluding hydrogens is 428 g/mol. The maximum atomic E-state index is 13.2. The Kier molecular flexibility index (Phi) is 6.05. The molecule has 0 spiro atoms. The second-order valence-corrected chi connectivity index (χ2v) is 9.32. The van der Waals surface area contributed by atoms with Gasteiger partial charge in [0, 0.05) is 17.3 Å². The maximum absolute atomic E-state index is 13.2. The van der Waals surface area contributed by atoms with Crippen LogP contribution in [0.5, 0.6) is 11.5 Å². The number of carbonyl (C=O) groups excluding carboxylic acids is 1. The highest BCUT2D eigenvalue weighted by atomic mass is 32.2. The predicted molar refractivity (Wildman–Crippen MR) is 125 cm³/mol. The zero-order chi connectivity index (χ0) is 22.7. The SMILES string of the molecule is C[C@@H](C(=O)Nc1ccccc1-c1ccccc1)N(c1ccc2c(c1)OCCO2)S(C)(=O)=O. The van der Waals surface area contributed by atoms with Gasteiger partial charge < -0.3 is 14.8 Å². The van der Waals surface area contributed by atoms with Crippen molar-refractivity contribution in [1.82, 2.24) is 0 Å². The molecule has 1 N–H and O–H groups in total. The highest BCUT2D eigenvalue weighted by Gasteiger charge is 2.30. The van der Waals surface area contributed by atoms with Gasteiger partial charge in [-0.3, -0.25) is 9.10 Å². The van der Waals surface area contributed by atoms with Crippen LogP contribution >= 0.6 is 0 Å². The Hall–Kier alpha value is -3.52. The number of amides is 1. The molecule has 0 bridgehead atoms. The van der Waals surface area contributed by atoms with Crippen LogP contribution in [-0.4, -0.2) is 39.8 Å². The summed E-state index contributed by atoms with van der Waals surface area (Å²) in [4.78, 5) is 13.2. The molecule has 7 nitrogen and oxygen atoms in total. The minimum absolute atomic E-state index is 0.329. The molecule has 32 heavy (non-hydrogen) atoms. The number of nitrogens with zero attached hydrogens (tertiary/aromatic N) is 1. The van der Waals surface area contributed by atoms with E-state index in [-0.39, 0.29) is 0 Å². The Morgan fingerprint density at radius 1 is 0.938 bits per heavy atom. The molecule has 0 saturated heterocycles. The quantitative estimate of drug-likeness (QED) is 0.613. The Labute approximate surface area is 187 Å². The lowest BCUT2D eigenvalue weighted by atomic mass is 10.0. The van der Waals surface area contributed by atoms with Gasteiger partial charge in [-0.05, 0) is 30.7 Å². The number of hydrogen-bond donors (Lipinski definition) is 1. The van der Waals surface area contributed by atoms with Gasteiger partial charge in [0.25, 0.3) is 0 Å². The molecule has 1 aliphatic rings. The molecule has 0 aliphatic carbocycles. The molecule has 0 aromatic heterocycles. The monoisotopic (exact) mass is 452 g/mol. The van der Waals surface area contributed by atoms with E-state index in [1.54, 1.807) is 31.2 Å². The topological polar surface area (TPSA) is 84.9 Å². The molecule has 0 unspecified atom stereocenters.